The van der Waals surface area contributed by atoms with Gasteiger partial charge in [0.2, 0.25) is 11.8 Å². The summed E-state index contributed by atoms with van der Waals surface area (Å²) in [5.74, 6) is -2.33. The van der Waals surface area contributed by atoms with Crippen molar-refractivity contribution < 1.29 is 23.1 Å². The first-order chi connectivity index (χ1) is 15.7. The predicted molar refractivity (Wildman–Crippen MR) is 120 cm³/mol. The number of hydrogen-bond acceptors (Lipinski definition) is 5. The second kappa shape index (κ2) is 10.3. The molecule has 11 heteroatoms. The highest BCUT2D eigenvalue weighted by Gasteiger charge is 2.16. The van der Waals surface area contributed by atoms with Crippen LogP contribution in [0.2, 0.25) is 0 Å². The van der Waals surface area contributed by atoms with Crippen LogP contribution in [0.1, 0.15) is 21.5 Å². The highest BCUT2D eigenvalue weighted by molar-refractivity contribution is 9.10. The van der Waals surface area contributed by atoms with Crippen molar-refractivity contribution in [3.05, 3.63) is 79.5 Å². The van der Waals surface area contributed by atoms with E-state index in [1.807, 2.05) is 0 Å². The summed E-state index contributed by atoms with van der Waals surface area (Å²) in [5.41, 5.74) is 0.936. The zero-order valence-corrected chi connectivity index (χ0v) is 19.2. The lowest BCUT2D eigenvalue weighted by atomic mass is 10.0. The monoisotopic (exact) mass is 520 g/mol. The molecule has 2 amide bonds. The number of ether oxygens (including phenoxy) is 1. The maximum atomic E-state index is 13.9. The van der Waals surface area contributed by atoms with Crippen LogP contribution in [0.15, 0.2) is 45.7 Å². The summed E-state index contributed by atoms with van der Waals surface area (Å²) in [4.78, 5) is 43.1. The van der Waals surface area contributed by atoms with Crippen LogP contribution < -0.4 is 20.9 Å². The van der Waals surface area contributed by atoms with Crippen LogP contribution in [0.25, 0.3) is 11.4 Å². The average molecular weight is 521 g/mol. The van der Waals surface area contributed by atoms with Gasteiger partial charge >= 0.3 is 0 Å². The molecule has 0 radical (unpaired) electrons. The summed E-state index contributed by atoms with van der Waals surface area (Å²) in [6.07, 6.45) is 0. The van der Waals surface area contributed by atoms with E-state index < -0.39 is 23.1 Å². The van der Waals surface area contributed by atoms with Crippen molar-refractivity contribution in [1.29, 1.82) is 0 Å². The molecule has 0 saturated heterocycles. The standard InChI is InChI=1S/C22H19BrF2N4O4/c1-11-3-4-12(20(31)27-9-17(30)26-2)7-15(11)19-28-21(32)18(23)22(29-19)33-10-13-5-6-14(24)8-16(13)25/h3-8H,9-10H2,1-2H3,(H,26,30)(H,27,31)(H,28,29,32). The van der Waals surface area contributed by atoms with Gasteiger partial charge in [0.05, 0.1) is 6.54 Å². The Kier molecular flexibility index (Phi) is 7.54. The third kappa shape index (κ3) is 5.80. The topological polar surface area (TPSA) is 113 Å². The molecule has 0 spiro atoms. The van der Waals surface area contributed by atoms with Gasteiger partial charge in [0, 0.05) is 29.8 Å². The van der Waals surface area contributed by atoms with Crippen LogP contribution in [-0.4, -0.2) is 35.4 Å². The molecule has 8 nitrogen and oxygen atoms in total. The number of carbonyl (C=O) groups is 2. The van der Waals surface area contributed by atoms with Crippen LogP contribution in [0.5, 0.6) is 5.88 Å². The Hall–Kier alpha value is -3.60. The Morgan fingerprint density at radius 1 is 1.18 bits per heavy atom. The second-order valence-electron chi connectivity index (χ2n) is 6.94. The molecule has 0 fully saturated rings. The smallest absolute Gasteiger partial charge is 0.269 e. The molecule has 33 heavy (non-hydrogen) atoms. The van der Waals surface area contributed by atoms with E-state index in [2.05, 4.69) is 36.5 Å². The van der Waals surface area contributed by atoms with Crippen molar-refractivity contribution in [3.8, 4) is 17.3 Å². The molecule has 0 aliphatic heterocycles. The second-order valence-corrected chi connectivity index (χ2v) is 7.74. The summed E-state index contributed by atoms with van der Waals surface area (Å²) in [7, 11) is 1.46. The Labute approximate surface area is 195 Å². The largest absolute Gasteiger partial charge is 0.472 e. The number of aryl methyl sites for hydroxylation is 1. The van der Waals surface area contributed by atoms with Gasteiger partial charge in [0.25, 0.3) is 11.5 Å². The van der Waals surface area contributed by atoms with Crippen LogP contribution in [0.3, 0.4) is 0 Å². The van der Waals surface area contributed by atoms with Gasteiger partial charge in [-0.2, -0.15) is 4.98 Å². The quantitative estimate of drug-likeness (QED) is 0.443. The van der Waals surface area contributed by atoms with Gasteiger partial charge in [-0.15, -0.1) is 0 Å². The molecule has 3 aromatic rings. The van der Waals surface area contributed by atoms with Gasteiger partial charge in [-0.3, -0.25) is 14.4 Å². The highest BCUT2D eigenvalue weighted by atomic mass is 79.9. The Balaban J connectivity index is 1.90. The number of nitrogens with zero attached hydrogens (tertiary/aromatic N) is 1. The molecule has 0 aliphatic rings. The zero-order valence-electron chi connectivity index (χ0n) is 17.6. The fourth-order valence-corrected chi connectivity index (χ4v) is 3.12. The molecule has 1 heterocycles. The van der Waals surface area contributed by atoms with Crippen molar-refractivity contribution in [1.82, 2.24) is 20.6 Å². The lowest BCUT2D eigenvalue weighted by Crippen LogP contribution is -2.35. The van der Waals surface area contributed by atoms with Crippen LogP contribution in [0.4, 0.5) is 8.78 Å². The number of nitrogens with one attached hydrogen (secondary N) is 3. The average Bonchev–Trinajstić information content (AvgIpc) is 2.79. The van der Waals surface area contributed by atoms with Crippen LogP contribution in [-0.2, 0) is 11.4 Å². The lowest BCUT2D eigenvalue weighted by Gasteiger charge is -2.12. The van der Waals surface area contributed by atoms with Gasteiger partial charge in [-0.25, -0.2) is 8.78 Å². The van der Waals surface area contributed by atoms with Gasteiger partial charge in [-0.1, -0.05) is 6.07 Å². The number of H-pyrrole nitrogens is 1. The number of halogens is 3. The van der Waals surface area contributed by atoms with Crippen molar-refractivity contribution >= 4 is 27.7 Å². The number of aromatic nitrogens is 2. The van der Waals surface area contributed by atoms with Crippen molar-refractivity contribution in [2.75, 3.05) is 13.6 Å². The molecule has 172 valence electrons. The van der Waals surface area contributed by atoms with Crippen LogP contribution >= 0.6 is 15.9 Å². The predicted octanol–water partition coefficient (Wildman–Crippen LogP) is 2.84. The first-order valence-electron chi connectivity index (χ1n) is 9.66. The van der Waals surface area contributed by atoms with Crippen LogP contribution in [0, 0.1) is 18.6 Å². The summed E-state index contributed by atoms with van der Waals surface area (Å²) in [5, 5.41) is 4.89. The lowest BCUT2D eigenvalue weighted by molar-refractivity contribution is -0.119. The maximum absolute atomic E-state index is 13.9. The van der Waals surface area contributed by atoms with Crippen molar-refractivity contribution in [2.45, 2.75) is 13.5 Å². The molecule has 0 unspecified atom stereocenters. The Bertz CT molecular complexity index is 1280. The third-order valence-corrected chi connectivity index (χ3v) is 5.35. The molecular weight excluding hydrogens is 502 g/mol. The normalized spacial score (nSPS) is 10.6. The van der Waals surface area contributed by atoms with Gasteiger partial charge in [-0.05, 0) is 52.7 Å². The maximum Gasteiger partial charge on any atom is 0.269 e. The van der Waals surface area contributed by atoms with E-state index in [0.717, 1.165) is 12.1 Å². The fourth-order valence-electron chi connectivity index (χ4n) is 2.82. The van der Waals surface area contributed by atoms with Crippen molar-refractivity contribution in [2.24, 2.45) is 0 Å². The van der Waals surface area contributed by atoms with E-state index in [9.17, 15) is 23.2 Å². The van der Waals surface area contributed by atoms with Gasteiger partial charge < -0.3 is 20.4 Å². The summed E-state index contributed by atoms with van der Waals surface area (Å²) in [6, 6.07) is 7.82. The van der Waals surface area contributed by atoms with E-state index in [1.54, 1.807) is 19.1 Å². The van der Waals surface area contributed by atoms with Gasteiger partial charge in [0.15, 0.2) is 0 Å². The van der Waals surface area contributed by atoms with Gasteiger partial charge in [0.1, 0.15) is 28.5 Å². The molecule has 2 aromatic carbocycles. The minimum atomic E-state index is -0.789. The third-order valence-electron chi connectivity index (χ3n) is 4.66. The van der Waals surface area contributed by atoms with Crippen molar-refractivity contribution in [3.63, 3.8) is 0 Å². The highest BCUT2D eigenvalue weighted by Crippen LogP contribution is 2.26. The van der Waals surface area contributed by atoms with E-state index in [-0.39, 0.29) is 46.4 Å². The Morgan fingerprint density at radius 2 is 1.94 bits per heavy atom. The number of likely N-dealkylation sites (N-methyl/N-ethyl adjacent to an activating group) is 1. The SMILES string of the molecule is CNC(=O)CNC(=O)c1ccc(C)c(-c2nc(OCc3ccc(F)cc3F)c(Br)c(=O)[nH]2)c1. The number of benzene rings is 2. The fraction of sp³-hybridized carbons (Fsp3) is 0.182. The Morgan fingerprint density at radius 3 is 2.64 bits per heavy atom. The first-order valence-corrected chi connectivity index (χ1v) is 10.4. The number of aromatic amines is 1. The van der Waals surface area contributed by atoms with E-state index in [4.69, 9.17) is 4.74 Å². The molecule has 0 bridgehead atoms. The summed E-state index contributed by atoms with van der Waals surface area (Å²) in [6.45, 7) is 1.28. The molecule has 3 rings (SSSR count). The number of hydrogen-bond donors (Lipinski definition) is 3. The molecule has 0 aliphatic carbocycles. The molecule has 0 saturated carbocycles. The van der Waals surface area contributed by atoms with E-state index >= 15 is 0 Å². The minimum Gasteiger partial charge on any atom is -0.472 e. The minimum absolute atomic E-state index is 0.00843. The summed E-state index contributed by atoms with van der Waals surface area (Å²) >= 11 is 3.10. The van der Waals surface area contributed by atoms with E-state index in [1.165, 1.54) is 19.2 Å². The molecular formula is C22H19BrF2N4O4. The number of rotatable bonds is 7. The number of carbonyl (C=O) groups excluding carboxylic acids is 2. The van der Waals surface area contributed by atoms with E-state index in [0.29, 0.717) is 11.1 Å². The molecule has 3 N–H and O–H groups in total. The molecule has 0 atom stereocenters. The number of amides is 2. The zero-order chi connectivity index (χ0) is 24.1. The molecule has 1 aromatic heterocycles. The first kappa shape index (κ1) is 24.1. The summed E-state index contributed by atoms with van der Waals surface area (Å²) < 4.78 is 32.5.